The van der Waals surface area contributed by atoms with Gasteiger partial charge in [-0.3, -0.25) is 0 Å². The van der Waals surface area contributed by atoms with Crippen LogP contribution in [0, 0.1) is 6.92 Å². The first kappa shape index (κ1) is 11.9. The summed E-state index contributed by atoms with van der Waals surface area (Å²) in [4.78, 5) is 4.19. The van der Waals surface area contributed by atoms with E-state index in [0.717, 1.165) is 19.5 Å². The summed E-state index contributed by atoms with van der Waals surface area (Å²) < 4.78 is 2.21. The Hall–Kier alpha value is -1.61. The van der Waals surface area contributed by atoms with Crippen molar-refractivity contribution >= 4 is 0 Å². The summed E-state index contributed by atoms with van der Waals surface area (Å²) in [7, 11) is 1.96. The highest BCUT2D eigenvalue weighted by Gasteiger charge is 2.01. The van der Waals surface area contributed by atoms with Gasteiger partial charge in [-0.15, -0.1) is 0 Å². The van der Waals surface area contributed by atoms with E-state index in [-0.39, 0.29) is 0 Å². The molecule has 0 aliphatic heterocycles. The number of aromatic nitrogens is 2. The van der Waals surface area contributed by atoms with E-state index >= 15 is 0 Å². The molecule has 90 valence electrons. The fourth-order valence-electron chi connectivity index (χ4n) is 2.00. The van der Waals surface area contributed by atoms with Crippen LogP contribution in [0.3, 0.4) is 0 Å². The van der Waals surface area contributed by atoms with E-state index in [2.05, 4.69) is 46.1 Å². The summed E-state index contributed by atoms with van der Waals surface area (Å²) in [6.07, 6.45) is 4.88. The number of benzene rings is 1. The maximum absolute atomic E-state index is 4.19. The molecule has 0 spiro atoms. The van der Waals surface area contributed by atoms with Crippen LogP contribution in [0.4, 0.5) is 0 Å². The van der Waals surface area contributed by atoms with E-state index in [1.165, 1.54) is 16.8 Å². The predicted octanol–water partition coefficient (Wildman–Crippen LogP) is 2.15. The zero-order valence-corrected chi connectivity index (χ0v) is 10.5. The first-order valence-electron chi connectivity index (χ1n) is 5.99. The van der Waals surface area contributed by atoms with Crippen molar-refractivity contribution < 1.29 is 0 Å². The Morgan fingerprint density at radius 3 is 3.00 bits per heavy atom. The summed E-state index contributed by atoms with van der Waals surface area (Å²) in [6, 6.07) is 8.68. The fraction of sp³-hybridized carbons (Fsp3) is 0.357. The van der Waals surface area contributed by atoms with Crippen LogP contribution in [-0.4, -0.2) is 16.6 Å². The lowest BCUT2D eigenvalue weighted by molar-refractivity contribution is 0.637. The highest BCUT2D eigenvalue weighted by Crippen LogP contribution is 2.07. The van der Waals surface area contributed by atoms with Crippen molar-refractivity contribution in [2.75, 3.05) is 7.05 Å². The number of hydrogen-bond donors (Lipinski definition) is 1. The fourth-order valence-corrected chi connectivity index (χ4v) is 2.00. The molecule has 3 nitrogen and oxygen atoms in total. The van der Waals surface area contributed by atoms with Gasteiger partial charge in [0.1, 0.15) is 0 Å². The van der Waals surface area contributed by atoms with E-state index in [9.17, 15) is 0 Å². The smallest absolute Gasteiger partial charge is 0.0948 e. The first-order valence-corrected chi connectivity index (χ1v) is 5.99. The van der Waals surface area contributed by atoms with E-state index in [4.69, 9.17) is 0 Å². The van der Waals surface area contributed by atoms with Gasteiger partial charge in [0.05, 0.1) is 12.0 Å². The van der Waals surface area contributed by atoms with Crippen molar-refractivity contribution in [3.63, 3.8) is 0 Å². The lowest BCUT2D eigenvalue weighted by atomic mass is 10.1. The molecule has 0 radical (unpaired) electrons. The Morgan fingerprint density at radius 2 is 2.24 bits per heavy atom. The number of rotatable bonds is 5. The molecule has 1 aromatic heterocycles. The minimum absolute atomic E-state index is 0.869. The van der Waals surface area contributed by atoms with Crippen molar-refractivity contribution in [3.8, 4) is 0 Å². The van der Waals surface area contributed by atoms with Gasteiger partial charge in [-0.1, -0.05) is 29.8 Å². The molecule has 0 fully saturated rings. The minimum Gasteiger partial charge on any atom is -0.333 e. The number of aryl methyl sites for hydroxylation is 3. The van der Waals surface area contributed by atoms with Gasteiger partial charge in [0.2, 0.25) is 0 Å². The number of hydrogen-bond acceptors (Lipinski definition) is 2. The summed E-state index contributed by atoms with van der Waals surface area (Å²) in [5.41, 5.74) is 3.94. The Kier molecular flexibility index (Phi) is 3.94. The van der Waals surface area contributed by atoms with Crippen LogP contribution in [0.25, 0.3) is 0 Å². The molecule has 0 amide bonds. The van der Waals surface area contributed by atoms with Crippen LogP contribution >= 0.6 is 0 Å². The molecule has 1 aromatic carbocycles. The number of nitrogens with one attached hydrogen (secondary N) is 1. The van der Waals surface area contributed by atoms with Crippen molar-refractivity contribution in [1.29, 1.82) is 0 Å². The molecule has 0 saturated carbocycles. The van der Waals surface area contributed by atoms with Crippen molar-refractivity contribution in [3.05, 3.63) is 53.6 Å². The molecule has 1 heterocycles. The zero-order chi connectivity index (χ0) is 12.1. The number of nitrogens with zero attached hydrogens (tertiary/aromatic N) is 2. The summed E-state index contributed by atoms with van der Waals surface area (Å²) in [6.45, 7) is 3.99. The van der Waals surface area contributed by atoms with Gasteiger partial charge < -0.3 is 9.88 Å². The van der Waals surface area contributed by atoms with Crippen molar-refractivity contribution in [2.24, 2.45) is 0 Å². The summed E-state index contributed by atoms with van der Waals surface area (Å²) in [5, 5.41) is 3.16. The molecule has 2 aromatic rings. The van der Waals surface area contributed by atoms with E-state index in [1.807, 2.05) is 19.6 Å². The standard InChI is InChI=1S/C14H19N3/c1-12-4-3-5-13(8-12)6-7-17-11-16-10-14(17)9-15-2/h3-5,8,10-11,15H,6-7,9H2,1-2H3. The molecule has 0 saturated heterocycles. The molecule has 0 aliphatic carbocycles. The van der Waals surface area contributed by atoms with Gasteiger partial charge in [0.25, 0.3) is 0 Å². The largest absolute Gasteiger partial charge is 0.333 e. The molecule has 0 aliphatic rings. The summed E-state index contributed by atoms with van der Waals surface area (Å²) >= 11 is 0. The van der Waals surface area contributed by atoms with Crippen LogP contribution in [0.15, 0.2) is 36.8 Å². The van der Waals surface area contributed by atoms with Gasteiger partial charge in [0, 0.05) is 19.3 Å². The van der Waals surface area contributed by atoms with Gasteiger partial charge >= 0.3 is 0 Å². The molecule has 3 heteroatoms. The zero-order valence-electron chi connectivity index (χ0n) is 10.5. The number of imidazole rings is 1. The quantitative estimate of drug-likeness (QED) is 0.851. The van der Waals surface area contributed by atoms with Gasteiger partial charge in [0.15, 0.2) is 0 Å². The second-order valence-corrected chi connectivity index (χ2v) is 4.35. The molecular weight excluding hydrogens is 210 g/mol. The topological polar surface area (TPSA) is 29.9 Å². The maximum Gasteiger partial charge on any atom is 0.0948 e. The van der Waals surface area contributed by atoms with Gasteiger partial charge in [-0.05, 0) is 26.0 Å². The SMILES string of the molecule is CNCc1cncn1CCc1cccc(C)c1. The Bertz CT molecular complexity index is 474. The monoisotopic (exact) mass is 229 g/mol. The average Bonchev–Trinajstić information content (AvgIpc) is 2.75. The molecule has 1 N–H and O–H groups in total. The van der Waals surface area contributed by atoms with Crippen LogP contribution in [0.1, 0.15) is 16.8 Å². The highest BCUT2D eigenvalue weighted by atomic mass is 15.1. The molecule has 0 atom stereocenters. The summed E-state index contributed by atoms with van der Waals surface area (Å²) in [5.74, 6) is 0. The van der Waals surface area contributed by atoms with E-state index in [0.29, 0.717) is 0 Å². The third-order valence-electron chi connectivity index (χ3n) is 2.88. The van der Waals surface area contributed by atoms with Gasteiger partial charge in [-0.25, -0.2) is 4.98 Å². The molecule has 0 bridgehead atoms. The second-order valence-electron chi connectivity index (χ2n) is 4.35. The Labute approximate surface area is 103 Å². The Morgan fingerprint density at radius 1 is 1.35 bits per heavy atom. The third-order valence-corrected chi connectivity index (χ3v) is 2.88. The lowest BCUT2D eigenvalue weighted by Gasteiger charge is -2.08. The van der Waals surface area contributed by atoms with Gasteiger partial charge in [-0.2, -0.15) is 0 Å². The maximum atomic E-state index is 4.19. The third kappa shape index (κ3) is 3.17. The van der Waals surface area contributed by atoms with Crippen molar-refractivity contribution in [2.45, 2.75) is 26.4 Å². The molecule has 0 unspecified atom stereocenters. The molecule has 2 rings (SSSR count). The normalized spacial score (nSPS) is 10.7. The van der Waals surface area contributed by atoms with Crippen LogP contribution in [-0.2, 0) is 19.5 Å². The van der Waals surface area contributed by atoms with Crippen LogP contribution < -0.4 is 5.32 Å². The highest BCUT2D eigenvalue weighted by molar-refractivity contribution is 5.22. The first-order chi connectivity index (χ1) is 8.29. The van der Waals surface area contributed by atoms with Crippen LogP contribution in [0.2, 0.25) is 0 Å². The average molecular weight is 229 g/mol. The van der Waals surface area contributed by atoms with Crippen molar-refractivity contribution in [1.82, 2.24) is 14.9 Å². The predicted molar refractivity (Wildman–Crippen MR) is 69.9 cm³/mol. The Balaban J connectivity index is 1.99. The lowest BCUT2D eigenvalue weighted by Crippen LogP contribution is -2.11. The molecular formula is C14H19N3. The van der Waals surface area contributed by atoms with E-state index < -0.39 is 0 Å². The second kappa shape index (κ2) is 5.64. The van der Waals surface area contributed by atoms with Crippen LogP contribution in [0.5, 0.6) is 0 Å². The molecule has 17 heavy (non-hydrogen) atoms. The minimum atomic E-state index is 0.869. The van der Waals surface area contributed by atoms with E-state index in [1.54, 1.807) is 0 Å².